The van der Waals surface area contributed by atoms with Crippen LogP contribution in [0, 0.1) is 11.3 Å². The Morgan fingerprint density at radius 3 is 3.23 bits per heavy atom. The Labute approximate surface area is 72.7 Å². The fourth-order valence-electron chi connectivity index (χ4n) is 0.640. The molecule has 0 aliphatic rings. The van der Waals surface area contributed by atoms with E-state index in [0.29, 0.717) is 13.0 Å². The van der Waals surface area contributed by atoms with Gasteiger partial charge in [0.05, 0.1) is 12.5 Å². The first-order chi connectivity index (χ1) is 6.38. The van der Waals surface area contributed by atoms with E-state index in [-0.39, 0.29) is 11.6 Å². The molecule has 0 aromatic carbocycles. The van der Waals surface area contributed by atoms with E-state index < -0.39 is 0 Å². The van der Waals surface area contributed by atoms with Gasteiger partial charge in [0.15, 0.2) is 0 Å². The van der Waals surface area contributed by atoms with Crippen LogP contribution in [-0.4, -0.2) is 16.9 Å². The van der Waals surface area contributed by atoms with Crippen molar-refractivity contribution in [2.45, 2.75) is 6.42 Å². The van der Waals surface area contributed by atoms with Crippen LogP contribution in [-0.2, 0) is 0 Å². The number of nitrogens with zero attached hydrogens (tertiary/aromatic N) is 6. The van der Waals surface area contributed by atoms with Crippen molar-refractivity contribution in [3.05, 3.63) is 10.4 Å². The lowest BCUT2D eigenvalue weighted by Gasteiger charge is -1.95. The third-order valence-electron chi connectivity index (χ3n) is 1.14. The molecule has 1 aromatic rings. The van der Waals surface area contributed by atoms with Gasteiger partial charge in [0.2, 0.25) is 11.6 Å². The molecule has 0 bridgehead atoms. The number of anilines is 1. The van der Waals surface area contributed by atoms with Gasteiger partial charge in [-0.15, -0.1) is 0 Å². The highest BCUT2D eigenvalue weighted by atomic mass is 16.6. The van der Waals surface area contributed by atoms with Crippen molar-refractivity contribution in [1.82, 2.24) is 10.3 Å². The fourth-order valence-corrected chi connectivity index (χ4v) is 0.640. The number of hydrogen-bond acceptors (Lipinski definition) is 6. The molecule has 1 aromatic heterocycles. The molecule has 0 fully saturated rings. The number of azide groups is 1. The summed E-state index contributed by atoms with van der Waals surface area (Å²) in [5.41, 5.74) is 8.10. The summed E-state index contributed by atoms with van der Waals surface area (Å²) in [6.45, 7) is 0.401. The van der Waals surface area contributed by atoms with Gasteiger partial charge in [0.1, 0.15) is 0 Å². The molecular formula is C5H5N7O. The molecule has 13 heavy (non-hydrogen) atoms. The van der Waals surface area contributed by atoms with Crippen molar-refractivity contribution in [1.29, 1.82) is 5.26 Å². The molecule has 8 nitrogen and oxygen atoms in total. The largest absolute Gasteiger partial charge is 0.364 e. The van der Waals surface area contributed by atoms with Crippen LogP contribution in [0.25, 0.3) is 10.4 Å². The van der Waals surface area contributed by atoms with Crippen molar-refractivity contribution >= 4 is 11.6 Å². The Morgan fingerprint density at radius 2 is 2.54 bits per heavy atom. The smallest absolute Gasteiger partial charge is 0.214 e. The summed E-state index contributed by atoms with van der Waals surface area (Å²) in [5, 5.41) is 20.9. The Bertz CT molecular complexity index is 357. The topological polar surface area (TPSA) is 124 Å². The molecule has 1 heterocycles. The van der Waals surface area contributed by atoms with E-state index >= 15 is 0 Å². The van der Waals surface area contributed by atoms with Gasteiger partial charge in [-0.3, -0.25) is 0 Å². The van der Waals surface area contributed by atoms with E-state index in [1.54, 1.807) is 0 Å². The van der Waals surface area contributed by atoms with Crippen LogP contribution in [0.1, 0.15) is 6.42 Å². The minimum atomic E-state index is 0.0421. The maximum Gasteiger partial charge on any atom is 0.214 e. The summed E-state index contributed by atoms with van der Waals surface area (Å²) in [5.74, 6) is 0.286. The van der Waals surface area contributed by atoms with E-state index in [4.69, 9.17) is 10.8 Å². The van der Waals surface area contributed by atoms with Crippen molar-refractivity contribution in [3.8, 4) is 6.07 Å². The second-order valence-electron chi connectivity index (χ2n) is 1.96. The average molecular weight is 179 g/mol. The van der Waals surface area contributed by atoms with E-state index in [1.165, 1.54) is 0 Å². The summed E-state index contributed by atoms with van der Waals surface area (Å²) in [4.78, 5) is 2.52. The van der Waals surface area contributed by atoms with Gasteiger partial charge in [-0.1, -0.05) is 0 Å². The molecule has 66 valence electrons. The number of rotatable bonds is 4. The van der Waals surface area contributed by atoms with Gasteiger partial charge in [0, 0.05) is 11.5 Å². The summed E-state index contributed by atoms with van der Waals surface area (Å²) >= 11 is 0. The van der Waals surface area contributed by atoms with E-state index in [1.807, 2.05) is 6.07 Å². The summed E-state index contributed by atoms with van der Waals surface area (Å²) in [6, 6.07) is 1.94. The molecule has 0 saturated carbocycles. The summed E-state index contributed by atoms with van der Waals surface area (Å²) in [7, 11) is 0. The minimum Gasteiger partial charge on any atom is -0.364 e. The minimum absolute atomic E-state index is 0.0421. The highest BCUT2D eigenvalue weighted by Gasteiger charge is 2.05. The maximum absolute atomic E-state index is 8.24. The van der Waals surface area contributed by atoms with Crippen molar-refractivity contribution in [2.75, 3.05) is 11.9 Å². The molecule has 1 rings (SSSR count). The first-order valence-corrected chi connectivity index (χ1v) is 3.37. The molecule has 8 heteroatoms. The molecule has 0 saturated heterocycles. The van der Waals surface area contributed by atoms with Gasteiger partial charge in [-0.05, 0) is 21.0 Å². The molecule has 0 unspecified atom stereocenters. The van der Waals surface area contributed by atoms with Gasteiger partial charge in [-0.25, -0.2) is 4.63 Å². The SMILES string of the molecule is N#CCCNc1nonc1N=[N+]=[N-]. The predicted octanol–water partition coefficient (Wildman–Crippen LogP) is 1.34. The number of aromatic nitrogens is 2. The van der Waals surface area contributed by atoms with Crippen LogP contribution in [0.15, 0.2) is 9.74 Å². The highest BCUT2D eigenvalue weighted by molar-refractivity contribution is 5.52. The zero-order valence-electron chi connectivity index (χ0n) is 6.51. The average Bonchev–Trinajstić information content (AvgIpc) is 2.54. The first kappa shape index (κ1) is 8.83. The lowest BCUT2D eigenvalue weighted by atomic mass is 10.4. The third-order valence-corrected chi connectivity index (χ3v) is 1.14. The lowest BCUT2D eigenvalue weighted by molar-refractivity contribution is 0.310. The van der Waals surface area contributed by atoms with Gasteiger partial charge in [-0.2, -0.15) is 5.26 Å². The Hall–Kier alpha value is -2.26. The Kier molecular flexibility index (Phi) is 3.11. The van der Waals surface area contributed by atoms with Crippen molar-refractivity contribution in [2.24, 2.45) is 5.11 Å². The Morgan fingerprint density at radius 1 is 1.69 bits per heavy atom. The highest BCUT2D eigenvalue weighted by Crippen LogP contribution is 2.18. The van der Waals surface area contributed by atoms with Crippen LogP contribution in [0.4, 0.5) is 11.6 Å². The molecule has 0 amide bonds. The monoisotopic (exact) mass is 179 g/mol. The molecular weight excluding hydrogens is 174 g/mol. The summed E-state index contributed by atoms with van der Waals surface area (Å²) in [6.07, 6.45) is 0.322. The summed E-state index contributed by atoms with van der Waals surface area (Å²) < 4.78 is 4.32. The number of nitrogens with one attached hydrogen (secondary N) is 1. The quantitative estimate of drug-likeness (QED) is 0.323. The van der Waals surface area contributed by atoms with E-state index in [2.05, 4.69) is 30.3 Å². The van der Waals surface area contributed by atoms with E-state index in [9.17, 15) is 0 Å². The van der Waals surface area contributed by atoms with Crippen molar-refractivity contribution < 1.29 is 4.63 Å². The van der Waals surface area contributed by atoms with Crippen LogP contribution in [0.3, 0.4) is 0 Å². The van der Waals surface area contributed by atoms with Gasteiger partial charge in [0.25, 0.3) is 0 Å². The third kappa shape index (κ3) is 2.36. The zero-order chi connectivity index (χ0) is 9.52. The molecule has 0 aliphatic carbocycles. The first-order valence-electron chi connectivity index (χ1n) is 3.37. The van der Waals surface area contributed by atoms with Gasteiger partial charge >= 0.3 is 0 Å². The maximum atomic E-state index is 8.24. The van der Waals surface area contributed by atoms with Crippen molar-refractivity contribution in [3.63, 3.8) is 0 Å². The standard InChI is InChI=1S/C5H5N7O/c6-2-1-3-8-4-5(9-12-7)11-13-10-4/h1,3H2,(H,8,10). The Balaban J connectivity index is 2.61. The predicted molar refractivity (Wildman–Crippen MR) is 41.8 cm³/mol. The van der Waals surface area contributed by atoms with Crippen LogP contribution in [0.5, 0.6) is 0 Å². The van der Waals surface area contributed by atoms with Crippen LogP contribution >= 0.6 is 0 Å². The lowest BCUT2D eigenvalue weighted by Crippen LogP contribution is -2.00. The molecule has 0 radical (unpaired) electrons. The molecule has 1 N–H and O–H groups in total. The molecule has 0 atom stereocenters. The number of hydrogen-bond donors (Lipinski definition) is 1. The molecule has 0 aliphatic heterocycles. The normalized spacial score (nSPS) is 8.54. The van der Waals surface area contributed by atoms with Crippen LogP contribution < -0.4 is 5.32 Å². The van der Waals surface area contributed by atoms with E-state index in [0.717, 1.165) is 0 Å². The van der Waals surface area contributed by atoms with Gasteiger partial charge < -0.3 is 5.32 Å². The fraction of sp³-hybridized carbons (Fsp3) is 0.400. The molecule has 0 spiro atoms. The second-order valence-corrected chi connectivity index (χ2v) is 1.96. The van der Waals surface area contributed by atoms with Crippen LogP contribution in [0.2, 0.25) is 0 Å². The zero-order valence-corrected chi connectivity index (χ0v) is 6.51. The second kappa shape index (κ2) is 4.58. The number of nitriles is 1.